The van der Waals surface area contributed by atoms with Gasteiger partial charge in [0.25, 0.3) is 5.91 Å². The highest BCUT2D eigenvalue weighted by Gasteiger charge is 2.37. The number of halogens is 1. The molecule has 1 unspecified atom stereocenters. The number of methoxy groups -OCH3 is 1. The molecular formula is C23H20ClN7O2. The van der Waals surface area contributed by atoms with Crippen molar-refractivity contribution in [1.82, 2.24) is 34.1 Å². The lowest BCUT2D eigenvalue weighted by Crippen LogP contribution is -2.41. The van der Waals surface area contributed by atoms with Crippen LogP contribution in [-0.4, -0.2) is 53.7 Å². The Balaban J connectivity index is 1.44. The molecule has 0 fully saturated rings. The molecule has 33 heavy (non-hydrogen) atoms. The number of nitrogens with zero attached hydrogens (tertiary/aromatic N) is 6. The molecule has 0 radical (unpaired) electrons. The Kier molecular flexibility index (Phi) is 4.67. The highest BCUT2D eigenvalue weighted by molar-refractivity contribution is 6.29. The summed E-state index contributed by atoms with van der Waals surface area (Å²) in [6.07, 6.45) is 5.84. The summed E-state index contributed by atoms with van der Waals surface area (Å²) in [5.41, 5.74) is 5.63. The van der Waals surface area contributed by atoms with E-state index in [2.05, 4.69) is 15.1 Å². The van der Waals surface area contributed by atoms with Crippen LogP contribution in [0, 0.1) is 0 Å². The average molecular weight is 462 g/mol. The van der Waals surface area contributed by atoms with Crippen molar-refractivity contribution in [3.63, 3.8) is 0 Å². The van der Waals surface area contributed by atoms with E-state index in [1.54, 1.807) is 34.7 Å². The number of ether oxygens (including phenoxy) is 1. The molecular weight excluding hydrogens is 442 g/mol. The summed E-state index contributed by atoms with van der Waals surface area (Å²) >= 11 is 6.35. The fourth-order valence-electron chi connectivity index (χ4n) is 4.53. The lowest BCUT2D eigenvalue weighted by molar-refractivity contribution is 0.0689. The molecule has 5 aromatic rings. The van der Waals surface area contributed by atoms with Crippen LogP contribution < -0.4 is 0 Å². The summed E-state index contributed by atoms with van der Waals surface area (Å²) in [5.74, 6) is -0.119. The van der Waals surface area contributed by atoms with E-state index < -0.39 is 6.04 Å². The highest BCUT2D eigenvalue weighted by Crippen LogP contribution is 2.35. The molecule has 6 heterocycles. The number of nitrogens with one attached hydrogen (secondary N) is 1. The summed E-state index contributed by atoms with van der Waals surface area (Å²) in [7, 11) is 1.65. The standard InChI is InChI=1S/C23H20ClN7O2/c1-33-12-14-5-6-19-16(10-27-30(19)11-14)23(32)29-8-7-17-21(26-13-25-17)22(29)18-9-15-3-2-4-20(24)31(15)28-18/h2-6,9-11,13,22H,7-8,12H2,1H3,(H,25,26). The number of pyridine rings is 2. The fourth-order valence-corrected chi connectivity index (χ4v) is 4.74. The number of carbonyl (C=O) groups is 1. The first-order valence-electron chi connectivity index (χ1n) is 10.6. The van der Waals surface area contributed by atoms with Crippen molar-refractivity contribution in [3.05, 3.63) is 88.5 Å². The summed E-state index contributed by atoms with van der Waals surface area (Å²) in [5, 5.41) is 9.64. The topological polar surface area (TPSA) is 92.8 Å². The van der Waals surface area contributed by atoms with Crippen molar-refractivity contribution in [2.75, 3.05) is 13.7 Å². The third-order valence-electron chi connectivity index (χ3n) is 6.04. The van der Waals surface area contributed by atoms with Gasteiger partial charge in [-0.05, 0) is 29.8 Å². The minimum Gasteiger partial charge on any atom is -0.380 e. The number of hydrogen-bond acceptors (Lipinski definition) is 5. The fraction of sp³-hybridized carbons (Fsp3) is 0.217. The molecule has 1 N–H and O–H groups in total. The Bertz CT molecular complexity index is 1500. The van der Waals surface area contributed by atoms with Gasteiger partial charge in [-0.3, -0.25) is 4.79 Å². The molecule has 1 aliphatic heterocycles. The van der Waals surface area contributed by atoms with Gasteiger partial charge in [-0.2, -0.15) is 10.2 Å². The number of aromatic nitrogens is 6. The molecule has 9 nitrogen and oxygen atoms in total. The van der Waals surface area contributed by atoms with Gasteiger partial charge in [0.2, 0.25) is 0 Å². The van der Waals surface area contributed by atoms with Gasteiger partial charge in [-0.15, -0.1) is 0 Å². The van der Waals surface area contributed by atoms with Crippen LogP contribution >= 0.6 is 11.6 Å². The zero-order chi connectivity index (χ0) is 22.5. The maximum Gasteiger partial charge on any atom is 0.258 e. The van der Waals surface area contributed by atoms with E-state index in [1.807, 2.05) is 41.4 Å². The van der Waals surface area contributed by atoms with Gasteiger partial charge in [-0.25, -0.2) is 14.0 Å². The zero-order valence-electron chi connectivity index (χ0n) is 17.8. The number of fused-ring (bicyclic) bond motifs is 3. The van der Waals surface area contributed by atoms with Gasteiger partial charge in [0.15, 0.2) is 0 Å². The molecule has 0 aliphatic carbocycles. The van der Waals surface area contributed by atoms with Crippen LogP contribution in [0.3, 0.4) is 0 Å². The third kappa shape index (κ3) is 3.20. The SMILES string of the molecule is COCc1ccc2c(C(=O)N3CCc4[nH]cnc4C3c3cc4cccc(Cl)n4n3)cnn2c1. The van der Waals surface area contributed by atoms with Crippen molar-refractivity contribution < 1.29 is 9.53 Å². The smallest absolute Gasteiger partial charge is 0.258 e. The normalized spacial score (nSPS) is 15.9. The van der Waals surface area contributed by atoms with E-state index in [0.29, 0.717) is 36.0 Å². The van der Waals surface area contributed by atoms with Gasteiger partial charge in [0.1, 0.15) is 11.2 Å². The molecule has 10 heteroatoms. The first-order valence-corrected chi connectivity index (χ1v) is 10.9. The van der Waals surface area contributed by atoms with Crippen LogP contribution in [0.15, 0.2) is 55.1 Å². The van der Waals surface area contributed by atoms with E-state index in [0.717, 1.165) is 28.0 Å². The van der Waals surface area contributed by atoms with E-state index in [-0.39, 0.29) is 5.91 Å². The van der Waals surface area contributed by atoms with Crippen LogP contribution in [0.2, 0.25) is 5.15 Å². The predicted octanol–water partition coefficient (Wildman–Crippen LogP) is 3.29. The Morgan fingerprint density at radius 2 is 2.21 bits per heavy atom. The van der Waals surface area contributed by atoms with Gasteiger partial charge in [0, 0.05) is 32.0 Å². The monoisotopic (exact) mass is 461 g/mol. The predicted molar refractivity (Wildman–Crippen MR) is 121 cm³/mol. The van der Waals surface area contributed by atoms with Crippen LogP contribution in [0.4, 0.5) is 0 Å². The Labute approximate surface area is 193 Å². The number of carbonyl (C=O) groups excluding carboxylic acids is 1. The second kappa shape index (κ2) is 7.72. The number of imidazole rings is 1. The maximum absolute atomic E-state index is 13.8. The van der Waals surface area contributed by atoms with Crippen molar-refractivity contribution in [1.29, 1.82) is 0 Å². The molecule has 0 saturated carbocycles. The van der Waals surface area contributed by atoms with E-state index in [9.17, 15) is 4.79 Å². The minimum atomic E-state index is -0.439. The number of H-pyrrole nitrogens is 1. The van der Waals surface area contributed by atoms with Gasteiger partial charge in [-0.1, -0.05) is 23.7 Å². The molecule has 0 aromatic carbocycles. The van der Waals surface area contributed by atoms with Crippen LogP contribution in [-0.2, 0) is 17.8 Å². The first kappa shape index (κ1) is 20.0. The molecule has 6 rings (SSSR count). The number of hydrogen-bond donors (Lipinski definition) is 1. The number of aromatic amines is 1. The van der Waals surface area contributed by atoms with Crippen molar-refractivity contribution in [3.8, 4) is 0 Å². The van der Waals surface area contributed by atoms with Gasteiger partial charge < -0.3 is 14.6 Å². The van der Waals surface area contributed by atoms with Crippen molar-refractivity contribution in [2.45, 2.75) is 19.1 Å². The van der Waals surface area contributed by atoms with Gasteiger partial charge >= 0.3 is 0 Å². The van der Waals surface area contributed by atoms with Crippen molar-refractivity contribution >= 4 is 28.5 Å². The minimum absolute atomic E-state index is 0.119. The summed E-state index contributed by atoms with van der Waals surface area (Å²) in [4.78, 5) is 23.4. The molecule has 5 aromatic heterocycles. The Hall–Kier alpha value is -3.69. The molecule has 1 atom stereocenters. The van der Waals surface area contributed by atoms with Crippen LogP contribution in [0.25, 0.3) is 11.0 Å². The third-order valence-corrected chi connectivity index (χ3v) is 6.33. The maximum atomic E-state index is 13.8. The molecule has 1 aliphatic rings. The summed E-state index contributed by atoms with van der Waals surface area (Å²) < 4.78 is 8.59. The molecule has 0 spiro atoms. The molecule has 0 bridgehead atoms. The molecule has 0 saturated heterocycles. The Morgan fingerprint density at radius 3 is 3.06 bits per heavy atom. The summed E-state index contributed by atoms with van der Waals surface area (Å²) in [6.45, 7) is 1.01. The van der Waals surface area contributed by atoms with E-state index >= 15 is 0 Å². The lowest BCUT2D eigenvalue weighted by Gasteiger charge is -2.33. The lowest BCUT2D eigenvalue weighted by atomic mass is 9.98. The molecule has 166 valence electrons. The van der Waals surface area contributed by atoms with E-state index in [1.165, 1.54) is 0 Å². The van der Waals surface area contributed by atoms with Crippen molar-refractivity contribution in [2.24, 2.45) is 0 Å². The second-order valence-electron chi connectivity index (χ2n) is 8.03. The van der Waals surface area contributed by atoms with E-state index in [4.69, 9.17) is 21.4 Å². The zero-order valence-corrected chi connectivity index (χ0v) is 18.5. The summed E-state index contributed by atoms with van der Waals surface area (Å²) in [6, 6.07) is 11.0. The van der Waals surface area contributed by atoms with Crippen LogP contribution in [0.1, 0.15) is 39.0 Å². The number of rotatable bonds is 4. The largest absolute Gasteiger partial charge is 0.380 e. The second-order valence-corrected chi connectivity index (χ2v) is 8.42. The van der Waals surface area contributed by atoms with Gasteiger partial charge in [0.05, 0.1) is 47.1 Å². The highest BCUT2D eigenvalue weighted by atomic mass is 35.5. The first-order chi connectivity index (χ1) is 16.1. The molecule has 1 amide bonds. The quantitative estimate of drug-likeness (QED) is 0.414. The van der Waals surface area contributed by atoms with Crippen LogP contribution in [0.5, 0.6) is 0 Å². The Morgan fingerprint density at radius 1 is 1.30 bits per heavy atom. The number of amides is 1. The average Bonchev–Trinajstić information content (AvgIpc) is 3.56.